The van der Waals surface area contributed by atoms with Crippen molar-refractivity contribution in [2.45, 2.75) is 40.0 Å². The molecule has 110 valence electrons. The number of carbonyl (C=O) groups is 2. The van der Waals surface area contributed by atoms with Crippen molar-refractivity contribution >= 4 is 11.8 Å². The zero-order valence-corrected chi connectivity index (χ0v) is 12.6. The van der Waals surface area contributed by atoms with Gasteiger partial charge in [-0.3, -0.25) is 9.59 Å². The average molecular weight is 278 g/mol. The molecule has 0 saturated carbocycles. The quantitative estimate of drug-likeness (QED) is 0.720. The number of methoxy groups -OCH3 is 1. The molecule has 0 aliphatic rings. The molecule has 0 N–H and O–H groups in total. The predicted molar refractivity (Wildman–Crippen MR) is 77.0 cm³/mol. The Morgan fingerprint density at radius 3 is 2.40 bits per heavy atom. The summed E-state index contributed by atoms with van der Waals surface area (Å²) in [5.41, 5.74) is 3.01. The maximum Gasteiger partial charge on any atom is 0.306 e. The summed E-state index contributed by atoms with van der Waals surface area (Å²) in [7, 11) is 1.63. The molecule has 0 aliphatic heterocycles. The number of ether oxygens (including phenoxy) is 2. The molecule has 0 aliphatic carbocycles. The Morgan fingerprint density at radius 2 is 1.80 bits per heavy atom. The minimum Gasteiger partial charge on any atom is -0.496 e. The number of Topliss-reactive ketones (excluding diaryl/α,β-unsaturated/α-hetero) is 1. The summed E-state index contributed by atoms with van der Waals surface area (Å²) in [5, 5.41) is 0. The Bertz CT molecular complexity index is 491. The first-order chi connectivity index (χ1) is 9.47. The van der Waals surface area contributed by atoms with Crippen molar-refractivity contribution in [2.75, 3.05) is 13.7 Å². The average Bonchev–Trinajstić information content (AvgIpc) is 2.40. The van der Waals surface area contributed by atoms with Crippen LogP contribution in [0.25, 0.3) is 0 Å². The first-order valence-corrected chi connectivity index (χ1v) is 6.79. The fraction of sp³-hybridized carbons (Fsp3) is 0.500. The van der Waals surface area contributed by atoms with Crippen LogP contribution in [0.3, 0.4) is 0 Å². The van der Waals surface area contributed by atoms with Crippen LogP contribution in [0.5, 0.6) is 5.75 Å². The van der Waals surface area contributed by atoms with E-state index < -0.39 is 0 Å². The van der Waals surface area contributed by atoms with Crippen LogP contribution >= 0.6 is 0 Å². The SMILES string of the molecule is CCOC(=O)CCC(=O)Cc1cc(C)c(OC)cc1C. The van der Waals surface area contributed by atoms with E-state index in [1.165, 1.54) is 0 Å². The Hall–Kier alpha value is -1.84. The van der Waals surface area contributed by atoms with Gasteiger partial charge in [-0.1, -0.05) is 6.07 Å². The molecule has 1 aromatic rings. The topological polar surface area (TPSA) is 52.6 Å². The number of hydrogen-bond donors (Lipinski definition) is 0. The van der Waals surface area contributed by atoms with Crippen LogP contribution in [0, 0.1) is 13.8 Å². The maximum atomic E-state index is 11.9. The van der Waals surface area contributed by atoms with Crippen molar-refractivity contribution < 1.29 is 19.1 Å². The van der Waals surface area contributed by atoms with E-state index in [4.69, 9.17) is 9.47 Å². The smallest absolute Gasteiger partial charge is 0.306 e. The van der Waals surface area contributed by atoms with Gasteiger partial charge in [0.2, 0.25) is 0 Å². The number of esters is 1. The van der Waals surface area contributed by atoms with Crippen molar-refractivity contribution in [3.05, 3.63) is 28.8 Å². The van der Waals surface area contributed by atoms with E-state index in [0.29, 0.717) is 13.0 Å². The number of ketones is 1. The number of aryl methyl sites for hydroxylation is 2. The Labute approximate surface area is 120 Å². The highest BCUT2D eigenvalue weighted by Gasteiger charge is 2.11. The monoisotopic (exact) mass is 278 g/mol. The molecule has 0 atom stereocenters. The van der Waals surface area contributed by atoms with Crippen LogP contribution in [-0.2, 0) is 20.7 Å². The lowest BCUT2D eigenvalue weighted by atomic mass is 9.98. The highest BCUT2D eigenvalue weighted by Crippen LogP contribution is 2.23. The van der Waals surface area contributed by atoms with Crippen LogP contribution in [-0.4, -0.2) is 25.5 Å². The molecule has 0 spiro atoms. The molecule has 4 heteroatoms. The molecular formula is C16H22O4. The van der Waals surface area contributed by atoms with Gasteiger partial charge in [-0.2, -0.15) is 0 Å². The minimum absolute atomic E-state index is 0.0470. The largest absolute Gasteiger partial charge is 0.496 e. The lowest BCUT2D eigenvalue weighted by Gasteiger charge is -2.11. The van der Waals surface area contributed by atoms with Gasteiger partial charge in [0.05, 0.1) is 20.1 Å². The molecule has 0 bridgehead atoms. The predicted octanol–water partition coefficient (Wildman–Crippen LogP) is 2.77. The molecule has 0 aromatic heterocycles. The van der Waals surface area contributed by atoms with Gasteiger partial charge in [-0.25, -0.2) is 0 Å². The van der Waals surface area contributed by atoms with E-state index in [2.05, 4.69) is 0 Å². The van der Waals surface area contributed by atoms with Gasteiger partial charge in [0, 0.05) is 12.8 Å². The Balaban J connectivity index is 2.62. The van der Waals surface area contributed by atoms with Gasteiger partial charge < -0.3 is 9.47 Å². The third-order valence-electron chi connectivity index (χ3n) is 3.15. The first-order valence-electron chi connectivity index (χ1n) is 6.79. The van der Waals surface area contributed by atoms with Gasteiger partial charge in [-0.15, -0.1) is 0 Å². The van der Waals surface area contributed by atoms with Crippen LogP contribution in [0.2, 0.25) is 0 Å². The molecule has 20 heavy (non-hydrogen) atoms. The second kappa shape index (κ2) is 7.68. The molecule has 4 nitrogen and oxygen atoms in total. The standard InChI is InChI=1S/C16H22O4/c1-5-20-16(18)7-6-14(17)10-13-8-12(3)15(19-4)9-11(13)2/h8-9H,5-7,10H2,1-4H3. The van der Waals surface area contributed by atoms with E-state index in [1.807, 2.05) is 26.0 Å². The fourth-order valence-electron chi connectivity index (χ4n) is 2.04. The molecule has 0 saturated heterocycles. The van der Waals surface area contributed by atoms with Gasteiger partial charge in [0.15, 0.2) is 0 Å². The first kappa shape index (κ1) is 16.2. The Kier molecular flexibility index (Phi) is 6.22. The van der Waals surface area contributed by atoms with Crippen LogP contribution in [0.4, 0.5) is 0 Å². The van der Waals surface area contributed by atoms with E-state index in [9.17, 15) is 9.59 Å². The lowest BCUT2D eigenvalue weighted by Crippen LogP contribution is -2.10. The summed E-state index contributed by atoms with van der Waals surface area (Å²) in [6.07, 6.45) is 0.723. The van der Waals surface area contributed by atoms with Crippen LogP contribution < -0.4 is 4.74 Å². The van der Waals surface area contributed by atoms with Crippen LogP contribution in [0.1, 0.15) is 36.5 Å². The number of benzene rings is 1. The van der Waals surface area contributed by atoms with Crippen molar-refractivity contribution in [3.63, 3.8) is 0 Å². The summed E-state index contributed by atoms with van der Waals surface area (Å²) in [6.45, 7) is 6.01. The number of carbonyl (C=O) groups excluding carboxylic acids is 2. The zero-order chi connectivity index (χ0) is 15.1. The summed E-state index contributed by atoms with van der Waals surface area (Å²) in [4.78, 5) is 23.1. The van der Waals surface area contributed by atoms with Crippen LogP contribution in [0.15, 0.2) is 12.1 Å². The lowest BCUT2D eigenvalue weighted by molar-refractivity contribution is -0.144. The Morgan fingerprint density at radius 1 is 1.10 bits per heavy atom. The second-order valence-corrected chi connectivity index (χ2v) is 4.77. The summed E-state index contributed by atoms with van der Waals surface area (Å²) in [6, 6.07) is 3.90. The number of rotatable bonds is 7. The van der Waals surface area contributed by atoms with Crippen molar-refractivity contribution in [3.8, 4) is 5.75 Å². The summed E-state index contributed by atoms with van der Waals surface area (Å²) in [5.74, 6) is 0.555. The van der Waals surface area contributed by atoms with E-state index >= 15 is 0 Å². The third kappa shape index (κ3) is 4.68. The zero-order valence-electron chi connectivity index (χ0n) is 12.6. The minimum atomic E-state index is -0.316. The third-order valence-corrected chi connectivity index (χ3v) is 3.15. The van der Waals surface area contributed by atoms with Gasteiger partial charge in [-0.05, 0) is 43.5 Å². The summed E-state index contributed by atoms with van der Waals surface area (Å²) >= 11 is 0. The molecular weight excluding hydrogens is 256 g/mol. The fourth-order valence-corrected chi connectivity index (χ4v) is 2.04. The highest BCUT2D eigenvalue weighted by atomic mass is 16.5. The summed E-state index contributed by atoms with van der Waals surface area (Å²) < 4.78 is 10.1. The molecule has 0 heterocycles. The highest BCUT2D eigenvalue weighted by molar-refractivity contribution is 5.84. The molecule has 0 fully saturated rings. The molecule has 0 amide bonds. The van der Waals surface area contributed by atoms with E-state index in [0.717, 1.165) is 22.4 Å². The molecule has 1 rings (SSSR count). The number of hydrogen-bond acceptors (Lipinski definition) is 4. The molecule has 0 radical (unpaired) electrons. The normalized spacial score (nSPS) is 10.2. The van der Waals surface area contributed by atoms with Crippen molar-refractivity contribution in [1.29, 1.82) is 0 Å². The molecule has 1 aromatic carbocycles. The van der Waals surface area contributed by atoms with Crippen molar-refractivity contribution in [2.24, 2.45) is 0 Å². The van der Waals surface area contributed by atoms with Gasteiger partial charge in [0.25, 0.3) is 0 Å². The molecule has 0 unspecified atom stereocenters. The van der Waals surface area contributed by atoms with Gasteiger partial charge >= 0.3 is 5.97 Å². The maximum absolute atomic E-state index is 11.9. The van der Waals surface area contributed by atoms with Gasteiger partial charge in [0.1, 0.15) is 11.5 Å². The van der Waals surface area contributed by atoms with E-state index in [1.54, 1.807) is 14.0 Å². The van der Waals surface area contributed by atoms with E-state index in [-0.39, 0.29) is 24.6 Å². The van der Waals surface area contributed by atoms with Crippen molar-refractivity contribution in [1.82, 2.24) is 0 Å². The second-order valence-electron chi connectivity index (χ2n) is 4.77.